The predicted octanol–water partition coefficient (Wildman–Crippen LogP) is 1.60. The minimum Gasteiger partial charge on any atom is -0.478 e. The zero-order chi connectivity index (χ0) is 14.0. The first-order chi connectivity index (χ1) is 9.12. The molecular formula is C14H8N2O2S. The van der Waals surface area contributed by atoms with Gasteiger partial charge in [-0.25, -0.2) is 4.79 Å². The first kappa shape index (κ1) is 12.8. The monoisotopic (exact) mass is 268 g/mol. The molecule has 0 aliphatic carbocycles. The van der Waals surface area contributed by atoms with Crippen molar-refractivity contribution < 1.29 is 9.90 Å². The average molecular weight is 268 g/mol. The van der Waals surface area contributed by atoms with Gasteiger partial charge in [-0.05, 0) is 25.1 Å². The number of rotatable bonds is 1. The first-order valence-corrected chi connectivity index (χ1v) is 6.20. The lowest BCUT2D eigenvalue weighted by molar-refractivity contribution is 0.0697. The van der Waals surface area contributed by atoms with Crippen LogP contribution >= 0.6 is 11.3 Å². The Balaban J connectivity index is 3.10. The lowest BCUT2D eigenvalue weighted by Gasteiger charge is -1.94. The molecule has 0 atom stereocenters. The molecular weight excluding hydrogens is 260 g/mol. The van der Waals surface area contributed by atoms with E-state index >= 15 is 0 Å². The Labute approximate surface area is 112 Å². The third kappa shape index (κ3) is 2.08. The number of carboxylic acid groups (broad SMARTS) is 1. The van der Waals surface area contributed by atoms with Crippen LogP contribution in [0, 0.1) is 22.7 Å². The van der Waals surface area contributed by atoms with Gasteiger partial charge in [-0.15, -0.1) is 11.3 Å². The fraction of sp³-hybridized carbons (Fsp3) is 0.0714. The van der Waals surface area contributed by atoms with E-state index < -0.39 is 5.97 Å². The van der Waals surface area contributed by atoms with Gasteiger partial charge < -0.3 is 5.11 Å². The second kappa shape index (κ2) is 4.93. The Bertz CT molecular complexity index is 863. The summed E-state index contributed by atoms with van der Waals surface area (Å²) in [7, 11) is 0. The lowest BCUT2D eigenvalue weighted by atomic mass is 10.1. The maximum Gasteiger partial charge on any atom is 0.335 e. The van der Waals surface area contributed by atoms with Gasteiger partial charge in [0.15, 0.2) is 0 Å². The number of nitrogens with zero attached hydrogens (tertiary/aromatic N) is 2. The van der Waals surface area contributed by atoms with E-state index in [1.165, 1.54) is 23.5 Å². The van der Waals surface area contributed by atoms with Crippen molar-refractivity contribution in [2.45, 2.75) is 6.92 Å². The third-order valence-electron chi connectivity index (χ3n) is 2.70. The van der Waals surface area contributed by atoms with Crippen LogP contribution in [-0.2, 0) is 0 Å². The van der Waals surface area contributed by atoms with Crippen LogP contribution in [0.25, 0.3) is 21.7 Å². The number of fused-ring (bicyclic) bond motifs is 1. The van der Waals surface area contributed by atoms with E-state index in [2.05, 4.69) is 0 Å². The van der Waals surface area contributed by atoms with Gasteiger partial charge in [0.1, 0.15) is 17.7 Å². The number of carboxylic acids is 1. The Morgan fingerprint density at radius 1 is 1.37 bits per heavy atom. The molecule has 92 valence electrons. The molecule has 19 heavy (non-hydrogen) atoms. The zero-order valence-corrected chi connectivity index (χ0v) is 10.8. The van der Waals surface area contributed by atoms with Crippen molar-refractivity contribution in [3.05, 3.63) is 33.5 Å². The number of benzene rings is 1. The molecule has 1 aromatic carbocycles. The Morgan fingerprint density at radius 3 is 2.58 bits per heavy atom. The summed E-state index contributed by atoms with van der Waals surface area (Å²) in [4.78, 5) is 11.0. The molecule has 0 saturated carbocycles. The van der Waals surface area contributed by atoms with Crippen molar-refractivity contribution in [1.82, 2.24) is 0 Å². The normalized spacial score (nSPS) is 11.0. The van der Waals surface area contributed by atoms with Crippen LogP contribution in [0.1, 0.15) is 17.3 Å². The Kier molecular flexibility index (Phi) is 3.33. The molecule has 0 aliphatic heterocycles. The van der Waals surface area contributed by atoms with Crippen molar-refractivity contribution in [3.8, 4) is 12.1 Å². The second-order valence-electron chi connectivity index (χ2n) is 3.74. The summed E-state index contributed by atoms with van der Waals surface area (Å²) in [6.07, 6.45) is 1.81. The zero-order valence-electron chi connectivity index (χ0n) is 9.97. The largest absolute Gasteiger partial charge is 0.478 e. The summed E-state index contributed by atoms with van der Waals surface area (Å²) in [5.41, 5.74) is 0.145. The van der Waals surface area contributed by atoms with E-state index in [1.54, 1.807) is 6.07 Å². The Hall–Kier alpha value is -2.63. The van der Waals surface area contributed by atoms with Gasteiger partial charge in [-0.2, -0.15) is 10.5 Å². The van der Waals surface area contributed by atoms with E-state index in [0.29, 0.717) is 10.6 Å². The summed E-state index contributed by atoms with van der Waals surface area (Å²) in [6, 6.07) is 8.45. The molecule has 5 heteroatoms. The van der Waals surface area contributed by atoms with Crippen molar-refractivity contribution in [2.75, 3.05) is 0 Å². The van der Waals surface area contributed by atoms with Crippen LogP contribution in [0.2, 0.25) is 0 Å². The van der Waals surface area contributed by atoms with Gasteiger partial charge in [-0.3, -0.25) is 0 Å². The molecule has 0 unspecified atom stereocenters. The molecule has 0 saturated heterocycles. The molecule has 1 heterocycles. The van der Waals surface area contributed by atoms with E-state index in [-0.39, 0.29) is 11.1 Å². The summed E-state index contributed by atoms with van der Waals surface area (Å²) < 4.78 is 1.66. The second-order valence-corrected chi connectivity index (χ2v) is 4.83. The molecule has 1 N–H and O–H groups in total. The highest BCUT2D eigenvalue weighted by atomic mass is 32.1. The number of thiophene rings is 1. The minimum absolute atomic E-state index is 0.00175. The summed E-state index contributed by atoms with van der Waals surface area (Å²) in [6.45, 7) is 1.82. The smallest absolute Gasteiger partial charge is 0.335 e. The topological polar surface area (TPSA) is 84.9 Å². The number of aromatic carboxylic acids is 1. The van der Waals surface area contributed by atoms with Gasteiger partial charge in [0.2, 0.25) is 0 Å². The maximum atomic E-state index is 11.0. The maximum absolute atomic E-state index is 11.0. The van der Waals surface area contributed by atoms with Crippen molar-refractivity contribution in [3.63, 3.8) is 0 Å². The highest BCUT2D eigenvalue weighted by molar-refractivity contribution is 7.17. The van der Waals surface area contributed by atoms with Crippen LogP contribution in [0.3, 0.4) is 0 Å². The SMILES string of the molecule is CC=c1sc2ccc(C(=O)O)cc2c1=C(C#N)C#N. The van der Waals surface area contributed by atoms with Crippen LogP contribution in [0.4, 0.5) is 0 Å². The highest BCUT2D eigenvalue weighted by Crippen LogP contribution is 2.16. The third-order valence-corrected chi connectivity index (χ3v) is 3.93. The van der Waals surface area contributed by atoms with Crippen LogP contribution in [0.5, 0.6) is 0 Å². The standard InChI is InChI=1S/C14H8N2O2S/c1-2-11-13(9(6-15)7-16)10-5-8(14(17)18)3-4-12(10)19-11/h2-5H,1H3,(H,17,18). The molecule has 4 nitrogen and oxygen atoms in total. The van der Waals surface area contributed by atoms with E-state index in [1.807, 2.05) is 25.1 Å². The molecule has 2 aromatic rings. The fourth-order valence-electron chi connectivity index (χ4n) is 1.85. The molecule has 0 amide bonds. The predicted molar refractivity (Wildman–Crippen MR) is 72.8 cm³/mol. The first-order valence-electron chi connectivity index (χ1n) is 5.39. The molecule has 2 rings (SSSR count). The lowest BCUT2D eigenvalue weighted by Crippen LogP contribution is -2.21. The molecule has 0 bridgehead atoms. The number of hydrogen-bond donors (Lipinski definition) is 1. The highest BCUT2D eigenvalue weighted by Gasteiger charge is 2.09. The summed E-state index contributed by atoms with van der Waals surface area (Å²) in [5, 5.41) is 28.2. The van der Waals surface area contributed by atoms with Gasteiger partial charge in [-0.1, -0.05) is 6.08 Å². The van der Waals surface area contributed by atoms with Crippen LogP contribution in [-0.4, -0.2) is 11.1 Å². The quantitative estimate of drug-likeness (QED) is 0.851. The number of nitriles is 2. The Morgan fingerprint density at radius 2 is 2.05 bits per heavy atom. The van der Waals surface area contributed by atoms with Gasteiger partial charge in [0.25, 0.3) is 0 Å². The van der Waals surface area contributed by atoms with E-state index in [0.717, 1.165) is 9.23 Å². The summed E-state index contributed by atoms with van der Waals surface area (Å²) in [5.74, 6) is -1.03. The number of hydrogen-bond acceptors (Lipinski definition) is 4. The van der Waals surface area contributed by atoms with Crippen molar-refractivity contribution in [1.29, 1.82) is 10.5 Å². The van der Waals surface area contributed by atoms with Crippen molar-refractivity contribution in [2.24, 2.45) is 0 Å². The molecule has 0 aliphatic rings. The molecule has 1 aromatic heterocycles. The number of carbonyl (C=O) groups is 1. The molecule has 0 fully saturated rings. The summed E-state index contributed by atoms with van der Waals surface area (Å²) >= 11 is 1.43. The van der Waals surface area contributed by atoms with Gasteiger partial charge >= 0.3 is 5.97 Å². The van der Waals surface area contributed by atoms with E-state index in [9.17, 15) is 4.79 Å². The van der Waals surface area contributed by atoms with Gasteiger partial charge in [0, 0.05) is 19.8 Å². The van der Waals surface area contributed by atoms with Crippen LogP contribution in [0.15, 0.2) is 18.2 Å². The van der Waals surface area contributed by atoms with Gasteiger partial charge in [0.05, 0.1) is 5.56 Å². The molecule has 0 radical (unpaired) electrons. The fourth-order valence-corrected chi connectivity index (χ4v) is 2.92. The minimum atomic E-state index is -1.03. The van der Waals surface area contributed by atoms with Crippen molar-refractivity contribution >= 4 is 39.0 Å². The molecule has 0 spiro atoms. The van der Waals surface area contributed by atoms with E-state index in [4.69, 9.17) is 15.6 Å². The average Bonchev–Trinajstić information content (AvgIpc) is 2.78. The van der Waals surface area contributed by atoms with Crippen LogP contribution < -0.4 is 9.75 Å².